The van der Waals surface area contributed by atoms with Crippen LogP contribution in [0.3, 0.4) is 0 Å². The minimum Gasteiger partial charge on any atom is -0.501 e. The molecule has 3 amide bonds. The Morgan fingerprint density at radius 1 is 1.12 bits per heavy atom. The molecule has 3 heterocycles. The molecule has 0 saturated heterocycles. The molecule has 4 rings (SSSR count). The van der Waals surface area contributed by atoms with E-state index < -0.39 is 34.8 Å². The van der Waals surface area contributed by atoms with Crippen molar-refractivity contribution in [1.29, 1.82) is 0 Å². The number of nitrogens with one attached hydrogen (secondary N) is 2. The number of anilines is 1. The van der Waals surface area contributed by atoms with Crippen molar-refractivity contribution in [2.75, 3.05) is 12.4 Å². The van der Waals surface area contributed by atoms with E-state index in [-0.39, 0.29) is 49.1 Å². The summed E-state index contributed by atoms with van der Waals surface area (Å²) in [5, 5.41) is 15.7. The molecule has 11 heteroatoms. The summed E-state index contributed by atoms with van der Waals surface area (Å²) in [4.78, 5) is 57.0. The summed E-state index contributed by atoms with van der Waals surface area (Å²) in [5.41, 5.74) is -0.572. The van der Waals surface area contributed by atoms with Crippen molar-refractivity contribution in [1.82, 2.24) is 19.8 Å². The highest BCUT2D eigenvalue weighted by Gasteiger charge is 2.31. The van der Waals surface area contributed by atoms with Gasteiger partial charge in [-0.1, -0.05) is 6.07 Å². The summed E-state index contributed by atoms with van der Waals surface area (Å²) in [6, 6.07) is 3.19. The van der Waals surface area contributed by atoms with E-state index in [9.17, 15) is 28.7 Å². The first-order chi connectivity index (χ1) is 16.3. The maximum atomic E-state index is 13.8. The average Bonchev–Trinajstić information content (AvgIpc) is 3.02. The smallest absolute Gasteiger partial charge is 0.296 e. The van der Waals surface area contributed by atoms with E-state index in [0.29, 0.717) is 24.9 Å². The molecule has 0 aliphatic carbocycles. The summed E-state index contributed by atoms with van der Waals surface area (Å²) >= 11 is 0. The maximum absolute atomic E-state index is 13.8. The Bertz CT molecular complexity index is 1210. The zero-order valence-corrected chi connectivity index (χ0v) is 18.8. The van der Waals surface area contributed by atoms with Gasteiger partial charge in [0.25, 0.3) is 11.5 Å². The predicted octanol–water partition coefficient (Wildman–Crippen LogP) is 1.82. The first kappa shape index (κ1) is 23.4. The van der Waals surface area contributed by atoms with E-state index in [1.807, 2.05) is 0 Å². The molecule has 180 valence electrons. The first-order valence-electron chi connectivity index (χ1n) is 11.2. The largest absolute Gasteiger partial charge is 0.501 e. The van der Waals surface area contributed by atoms with Gasteiger partial charge in [-0.2, -0.15) is 0 Å². The number of carbonyl (C=O) groups excluding carboxylic acids is 3. The van der Waals surface area contributed by atoms with Crippen LogP contribution in [0.25, 0.3) is 0 Å². The van der Waals surface area contributed by atoms with Crippen molar-refractivity contribution in [3.05, 3.63) is 51.5 Å². The topological polar surface area (TPSA) is 134 Å². The lowest BCUT2D eigenvalue weighted by Gasteiger charge is -2.28. The van der Waals surface area contributed by atoms with Crippen molar-refractivity contribution < 1.29 is 23.9 Å². The van der Waals surface area contributed by atoms with E-state index in [0.717, 1.165) is 12.5 Å². The quantitative estimate of drug-likeness (QED) is 0.537. The van der Waals surface area contributed by atoms with Gasteiger partial charge in [0.15, 0.2) is 5.69 Å². The number of aromatic hydroxyl groups is 1. The number of halogens is 1. The standard InChI is InChI=1S/C23H26FN5O5/c1-28-16-5-2-3-10-29-21(16)27-19(20(32)23(29)34)22(33)25-12-13-8-9-14(24)11-15(13)26-17(30)6-4-7-18(28)31/h8-9,11,16,32H,2-7,10,12H2,1H3,(H,25,33)(H,26,30). The van der Waals surface area contributed by atoms with Crippen LogP contribution in [0.5, 0.6) is 5.75 Å². The normalized spacial score (nSPS) is 19.6. The Kier molecular flexibility index (Phi) is 6.62. The molecule has 2 aliphatic heterocycles. The fourth-order valence-corrected chi connectivity index (χ4v) is 4.33. The average molecular weight is 471 g/mol. The minimum atomic E-state index is -0.802. The Hall–Kier alpha value is -3.76. The van der Waals surface area contributed by atoms with Gasteiger partial charge in [0.1, 0.15) is 11.6 Å². The molecule has 1 unspecified atom stereocenters. The number of hydrogen-bond donors (Lipinski definition) is 3. The van der Waals surface area contributed by atoms with E-state index in [4.69, 9.17) is 0 Å². The van der Waals surface area contributed by atoms with Crippen LogP contribution >= 0.6 is 0 Å². The molecule has 0 fully saturated rings. The summed E-state index contributed by atoms with van der Waals surface area (Å²) in [6.07, 6.45) is 2.35. The van der Waals surface area contributed by atoms with Crippen LogP contribution in [-0.4, -0.2) is 44.3 Å². The van der Waals surface area contributed by atoms with Crippen LogP contribution in [0.15, 0.2) is 23.0 Å². The van der Waals surface area contributed by atoms with Crippen molar-refractivity contribution in [3.63, 3.8) is 0 Å². The van der Waals surface area contributed by atoms with Crippen LogP contribution in [0, 0.1) is 5.82 Å². The second-order valence-corrected chi connectivity index (χ2v) is 8.53. The van der Waals surface area contributed by atoms with E-state index in [1.165, 1.54) is 21.6 Å². The maximum Gasteiger partial charge on any atom is 0.296 e. The minimum absolute atomic E-state index is 0.0544. The molecule has 0 spiro atoms. The van der Waals surface area contributed by atoms with Crippen LogP contribution < -0.4 is 16.2 Å². The molecule has 34 heavy (non-hydrogen) atoms. The van der Waals surface area contributed by atoms with Gasteiger partial charge in [-0.25, -0.2) is 9.37 Å². The van der Waals surface area contributed by atoms with E-state index in [1.54, 1.807) is 7.05 Å². The Morgan fingerprint density at radius 2 is 1.91 bits per heavy atom. The number of benzene rings is 1. The van der Waals surface area contributed by atoms with Crippen molar-refractivity contribution in [2.45, 2.75) is 57.7 Å². The van der Waals surface area contributed by atoms with Gasteiger partial charge in [0.05, 0.1) is 6.04 Å². The Morgan fingerprint density at radius 3 is 2.71 bits per heavy atom. The lowest BCUT2D eigenvalue weighted by molar-refractivity contribution is -0.132. The number of aromatic nitrogens is 2. The van der Waals surface area contributed by atoms with Gasteiger partial charge in [-0.05, 0) is 43.4 Å². The molecule has 0 radical (unpaired) electrons. The lowest BCUT2D eigenvalue weighted by atomic mass is 10.1. The van der Waals surface area contributed by atoms with E-state index >= 15 is 0 Å². The molecular formula is C23H26FN5O5. The Labute approximate surface area is 194 Å². The number of rotatable bonds is 0. The van der Waals surface area contributed by atoms with Crippen molar-refractivity contribution >= 4 is 23.4 Å². The van der Waals surface area contributed by atoms with Crippen molar-refractivity contribution in [2.24, 2.45) is 0 Å². The number of amides is 3. The number of hydrogen-bond acceptors (Lipinski definition) is 6. The van der Waals surface area contributed by atoms with E-state index in [2.05, 4.69) is 15.6 Å². The van der Waals surface area contributed by atoms with Crippen LogP contribution in [0.2, 0.25) is 0 Å². The summed E-state index contributed by atoms with van der Waals surface area (Å²) in [6.45, 7) is 0.213. The van der Waals surface area contributed by atoms with Gasteiger partial charge in [0.2, 0.25) is 17.6 Å². The zero-order valence-electron chi connectivity index (χ0n) is 18.8. The first-order valence-corrected chi connectivity index (χ1v) is 11.2. The SMILES string of the molecule is CN1C(=O)CCCC(=O)Nc2cc(F)ccc2CNC(=O)c2nc3n(c(=O)c2O)CCCCC31. The molecule has 2 bridgehead atoms. The molecular weight excluding hydrogens is 445 g/mol. The monoisotopic (exact) mass is 471 g/mol. The van der Waals surface area contributed by atoms with Crippen LogP contribution in [0.1, 0.15) is 66.4 Å². The number of carbonyl (C=O) groups is 3. The molecule has 2 aromatic rings. The molecule has 0 saturated carbocycles. The Balaban J connectivity index is 1.79. The summed E-state index contributed by atoms with van der Waals surface area (Å²) in [5.74, 6) is -2.52. The second-order valence-electron chi connectivity index (χ2n) is 8.53. The third kappa shape index (κ3) is 4.63. The van der Waals surface area contributed by atoms with Crippen molar-refractivity contribution in [3.8, 4) is 5.75 Å². The lowest BCUT2D eigenvalue weighted by Crippen LogP contribution is -2.37. The third-order valence-electron chi connectivity index (χ3n) is 6.24. The molecule has 3 N–H and O–H groups in total. The van der Waals surface area contributed by atoms with Crippen LogP contribution in [0.4, 0.5) is 10.1 Å². The highest BCUT2D eigenvalue weighted by atomic mass is 19.1. The summed E-state index contributed by atoms with van der Waals surface area (Å²) < 4.78 is 15.1. The van der Waals surface area contributed by atoms with Gasteiger partial charge in [-0.15, -0.1) is 0 Å². The molecule has 1 aromatic heterocycles. The van der Waals surface area contributed by atoms with Gasteiger partial charge < -0.3 is 20.6 Å². The third-order valence-corrected chi connectivity index (χ3v) is 6.24. The van der Waals surface area contributed by atoms with Gasteiger partial charge in [0, 0.05) is 38.7 Å². The number of nitrogens with zero attached hydrogens (tertiary/aromatic N) is 3. The molecule has 1 aromatic carbocycles. The predicted molar refractivity (Wildman–Crippen MR) is 120 cm³/mol. The van der Waals surface area contributed by atoms with Gasteiger partial charge >= 0.3 is 0 Å². The molecule has 10 nitrogen and oxygen atoms in total. The highest BCUT2D eigenvalue weighted by molar-refractivity contribution is 5.95. The highest BCUT2D eigenvalue weighted by Crippen LogP contribution is 2.29. The second kappa shape index (κ2) is 9.62. The molecule has 1 atom stereocenters. The van der Waals surface area contributed by atoms with Gasteiger partial charge in [-0.3, -0.25) is 23.7 Å². The fourth-order valence-electron chi connectivity index (χ4n) is 4.33. The molecule has 2 aliphatic rings. The number of fused-ring (bicyclic) bond motifs is 2. The fraction of sp³-hybridized carbons (Fsp3) is 0.435. The zero-order chi connectivity index (χ0) is 24.4. The van der Waals surface area contributed by atoms with Crippen LogP contribution in [-0.2, 0) is 22.7 Å². The summed E-state index contributed by atoms with van der Waals surface area (Å²) in [7, 11) is 1.60.